The number of H-pyrrole nitrogens is 1. The quantitative estimate of drug-likeness (QED) is 0.718. The molecule has 0 atom stereocenters. The van der Waals surface area contributed by atoms with Gasteiger partial charge in [0.1, 0.15) is 5.75 Å². The molecule has 0 aliphatic heterocycles. The molecule has 7 nitrogen and oxygen atoms in total. The van der Waals surface area contributed by atoms with E-state index in [2.05, 4.69) is 15.3 Å². The molecule has 0 saturated heterocycles. The summed E-state index contributed by atoms with van der Waals surface area (Å²) >= 11 is 0. The number of benzene rings is 1. The number of nitrogens with one attached hydrogen (secondary N) is 1. The van der Waals surface area contributed by atoms with Gasteiger partial charge in [-0.25, -0.2) is 9.89 Å². The van der Waals surface area contributed by atoms with Gasteiger partial charge < -0.3 is 10.5 Å². The number of hydrogen-bond acceptors (Lipinski definition) is 5. The molecule has 0 spiro atoms. The molecular weight excluding hydrogens is 246 g/mol. The van der Waals surface area contributed by atoms with Crippen LogP contribution in [0.25, 0.3) is 5.65 Å². The van der Waals surface area contributed by atoms with Gasteiger partial charge in [0.15, 0.2) is 5.65 Å². The zero-order valence-electron chi connectivity index (χ0n) is 9.91. The van der Waals surface area contributed by atoms with Crippen LogP contribution in [-0.4, -0.2) is 19.8 Å². The van der Waals surface area contributed by atoms with Gasteiger partial charge >= 0.3 is 5.69 Å². The minimum absolute atomic E-state index is 0.310. The average Bonchev–Trinajstić information content (AvgIpc) is 2.80. The molecular formula is C12H11N5O2. The van der Waals surface area contributed by atoms with Crippen molar-refractivity contribution in [3.63, 3.8) is 0 Å². The fraction of sp³-hybridized carbons (Fsp3) is 0.0833. The number of ether oxygens (including phenoxy) is 1. The monoisotopic (exact) mass is 257 g/mol. The van der Waals surface area contributed by atoms with Crippen LogP contribution in [0.15, 0.2) is 41.2 Å². The second kappa shape index (κ2) is 4.54. The van der Waals surface area contributed by atoms with E-state index in [1.165, 1.54) is 0 Å². The summed E-state index contributed by atoms with van der Waals surface area (Å²) in [5.74, 6) is 0.927. The van der Waals surface area contributed by atoms with Gasteiger partial charge in [-0.05, 0) is 23.8 Å². The largest absolute Gasteiger partial charge is 0.438 e. The highest BCUT2D eigenvalue weighted by Gasteiger charge is 2.04. The Morgan fingerprint density at radius 1 is 1.32 bits per heavy atom. The van der Waals surface area contributed by atoms with Gasteiger partial charge in [0.25, 0.3) is 0 Å². The molecule has 19 heavy (non-hydrogen) atoms. The zero-order chi connectivity index (χ0) is 13.2. The number of hydrogen-bond donors (Lipinski definition) is 2. The minimum Gasteiger partial charge on any atom is -0.438 e. The third-order valence-electron chi connectivity index (χ3n) is 2.61. The molecule has 7 heteroatoms. The molecule has 3 N–H and O–H groups in total. The Morgan fingerprint density at radius 2 is 2.21 bits per heavy atom. The van der Waals surface area contributed by atoms with Crippen molar-refractivity contribution < 1.29 is 4.74 Å². The smallest absolute Gasteiger partial charge is 0.364 e. The molecule has 0 saturated carbocycles. The third-order valence-corrected chi connectivity index (χ3v) is 2.61. The van der Waals surface area contributed by atoms with Crippen molar-refractivity contribution in [1.82, 2.24) is 19.8 Å². The molecule has 0 radical (unpaired) electrons. The van der Waals surface area contributed by atoms with Gasteiger partial charge in [0.05, 0.1) is 0 Å². The Morgan fingerprint density at radius 3 is 3.05 bits per heavy atom. The van der Waals surface area contributed by atoms with Gasteiger partial charge in [-0.15, -0.1) is 5.10 Å². The Bertz CT molecular complexity index is 777. The molecule has 96 valence electrons. The van der Waals surface area contributed by atoms with Gasteiger partial charge in [-0.2, -0.15) is 9.61 Å². The highest BCUT2D eigenvalue weighted by molar-refractivity contribution is 5.37. The summed E-state index contributed by atoms with van der Waals surface area (Å²) in [4.78, 5) is 11.4. The summed E-state index contributed by atoms with van der Waals surface area (Å²) in [6, 6.07) is 10.7. The molecule has 3 aromatic rings. The molecule has 1 aromatic carbocycles. The second-order valence-electron chi connectivity index (χ2n) is 3.92. The Balaban J connectivity index is 1.95. The van der Waals surface area contributed by atoms with Crippen molar-refractivity contribution in [3.8, 4) is 11.6 Å². The van der Waals surface area contributed by atoms with Gasteiger partial charge in [0, 0.05) is 12.6 Å². The molecule has 0 amide bonds. The molecule has 2 aromatic heterocycles. The number of nitrogens with two attached hydrogens (primary N) is 1. The number of aromatic nitrogens is 4. The van der Waals surface area contributed by atoms with Crippen molar-refractivity contribution >= 4 is 5.65 Å². The number of rotatable bonds is 3. The van der Waals surface area contributed by atoms with E-state index in [1.54, 1.807) is 18.2 Å². The fourth-order valence-corrected chi connectivity index (χ4v) is 1.70. The Hall–Kier alpha value is -2.67. The normalized spacial score (nSPS) is 10.8. The van der Waals surface area contributed by atoms with Crippen molar-refractivity contribution in [1.29, 1.82) is 0 Å². The van der Waals surface area contributed by atoms with Crippen molar-refractivity contribution in [2.75, 3.05) is 0 Å². The first-order chi connectivity index (χ1) is 9.26. The van der Waals surface area contributed by atoms with E-state index in [1.807, 2.05) is 18.2 Å². The van der Waals surface area contributed by atoms with Crippen LogP contribution in [0.3, 0.4) is 0 Å². The summed E-state index contributed by atoms with van der Waals surface area (Å²) in [6.07, 6.45) is 0. The topological polar surface area (TPSA) is 98.3 Å². The molecule has 2 heterocycles. The van der Waals surface area contributed by atoms with Crippen LogP contribution in [0.5, 0.6) is 11.6 Å². The van der Waals surface area contributed by atoms with Crippen LogP contribution in [0.1, 0.15) is 5.56 Å². The summed E-state index contributed by atoms with van der Waals surface area (Å²) in [5, 5.41) is 10.1. The maximum atomic E-state index is 11.4. The molecule has 0 unspecified atom stereocenters. The van der Waals surface area contributed by atoms with E-state index >= 15 is 0 Å². The van der Waals surface area contributed by atoms with Crippen LogP contribution < -0.4 is 16.2 Å². The standard InChI is InChI=1S/C12H11N5O2/c13-7-8-2-1-3-9(6-8)19-11-5-4-10-14-15-12(18)17(10)16-11/h1-6H,7,13H2,(H,15,18). The lowest BCUT2D eigenvalue weighted by Gasteiger charge is -2.05. The van der Waals surface area contributed by atoms with Crippen LogP contribution in [-0.2, 0) is 6.54 Å². The predicted octanol–water partition coefficient (Wildman–Crippen LogP) is 0.669. The van der Waals surface area contributed by atoms with Crippen molar-refractivity contribution in [3.05, 3.63) is 52.4 Å². The Labute approximate surface area is 107 Å². The highest BCUT2D eigenvalue weighted by atomic mass is 16.5. The maximum Gasteiger partial charge on any atom is 0.364 e. The van der Waals surface area contributed by atoms with Gasteiger partial charge in [-0.1, -0.05) is 12.1 Å². The lowest BCUT2D eigenvalue weighted by atomic mass is 10.2. The van der Waals surface area contributed by atoms with Crippen LogP contribution in [0.4, 0.5) is 0 Å². The SMILES string of the molecule is NCc1cccc(Oc2ccc3n[nH]c(=O)n3n2)c1. The average molecular weight is 257 g/mol. The lowest BCUT2D eigenvalue weighted by molar-refractivity contribution is 0.451. The molecule has 0 fully saturated rings. The molecule has 0 aliphatic carbocycles. The van der Waals surface area contributed by atoms with E-state index in [-0.39, 0.29) is 0 Å². The maximum absolute atomic E-state index is 11.4. The van der Waals surface area contributed by atoms with Crippen molar-refractivity contribution in [2.24, 2.45) is 5.73 Å². The lowest BCUT2D eigenvalue weighted by Crippen LogP contribution is -2.12. The van der Waals surface area contributed by atoms with Gasteiger partial charge in [0.2, 0.25) is 5.88 Å². The van der Waals surface area contributed by atoms with Crippen LogP contribution in [0.2, 0.25) is 0 Å². The first-order valence-electron chi connectivity index (χ1n) is 5.67. The van der Waals surface area contributed by atoms with E-state index in [4.69, 9.17) is 10.5 Å². The summed E-state index contributed by atoms with van der Waals surface area (Å²) in [5.41, 5.74) is 6.55. The van der Waals surface area contributed by atoms with E-state index < -0.39 is 5.69 Å². The fourth-order valence-electron chi connectivity index (χ4n) is 1.70. The Kier molecular flexibility index (Phi) is 2.73. The van der Waals surface area contributed by atoms with Crippen LogP contribution >= 0.6 is 0 Å². The number of aromatic amines is 1. The summed E-state index contributed by atoms with van der Waals surface area (Å²) in [6.45, 7) is 0.435. The first kappa shape index (κ1) is 11.4. The third kappa shape index (κ3) is 2.18. The number of fused-ring (bicyclic) bond motifs is 1. The molecule has 3 rings (SSSR count). The van der Waals surface area contributed by atoms with Crippen LogP contribution in [0, 0.1) is 0 Å². The van der Waals surface area contributed by atoms with Crippen molar-refractivity contribution in [2.45, 2.75) is 6.54 Å². The molecule has 0 aliphatic rings. The van der Waals surface area contributed by atoms with E-state index in [0.717, 1.165) is 10.1 Å². The molecule has 0 bridgehead atoms. The van der Waals surface area contributed by atoms with E-state index in [9.17, 15) is 4.79 Å². The summed E-state index contributed by atoms with van der Waals surface area (Å²) in [7, 11) is 0. The van der Waals surface area contributed by atoms with Gasteiger partial charge in [-0.3, -0.25) is 0 Å². The second-order valence-corrected chi connectivity index (χ2v) is 3.92. The highest BCUT2D eigenvalue weighted by Crippen LogP contribution is 2.19. The summed E-state index contributed by atoms with van der Waals surface area (Å²) < 4.78 is 6.73. The van der Waals surface area contributed by atoms with E-state index in [0.29, 0.717) is 23.8 Å². The first-order valence-corrected chi connectivity index (χ1v) is 5.67. The predicted molar refractivity (Wildman–Crippen MR) is 68.0 cm³/mol. The zero-order valence-corrected chi connectivity index (χ0v) is 9.91. The minimum atomic E-state index is -0.406. The number of nitrogens with zero attached hydrogens (tertiary/aromatic N) is 3.